The fourth-order valence-corrected chi connectivity index (χ4v) is 2.86. The first-order chi connectivity index (χ1) is 8.09. The van der Waals surface area contributed by atoms with E-state index >= 15 is 0 Å². The van der Waals surface area contributed by atoms with Crippen molar-refractivity contribution in [3.63, 3.8) is 0 Å². The monoisotopic (exact) mass is 252 g/mol. The third kappa shape index (κ3) is 2.41. The molecule has 1 aromatic heterocycles. The molecule has 1 atom stereocenters. The number of hydrogen-bond donors (Lipinski definition) is 1. The maximum absolute atomic E-state index is 11.7. The summed E-state index contributed by atoms with van der Waals surface area (Å²) in [7, 11) is 1.75. The van der Waals surface area contributed by atoms with Gasteiger partial charge in [0.25, 0.3) is 0 Å². The highest BCUT2D eigenvalue weighted by Gasteiger charge is 2.31. The molecular formula is C11H12N2O3S. The molecule has 0 saturated carbocycles. The molecule has 1 aliphatic rings. The van der Waals surface area contributed by atoms with E-state index in [2.05, 4.69) is 4.98 Å². The normalized spacial score (nSPS) is 19.7. The summed E-state index contributed by atoms with van der Waals surface area (Å²) in [5, 5.41) is 9.20. The van der Waals surface area contributed by atoms with Gasteiger partial charge in [-0.15, -0.1) is 0 Å². The lowest BCUT2D eigenvalue weighted by Crippen LogP contribution is -2.24. The summed E-state index contributed by atoms with van der Waals surface area (Å²) in [5.74, 6) is -0.976. The molecule has 5 nitrogen and oxygen atoms in total. The zero-order chi connectivity index (χ0) is 12.4. The van der Waals surface area contributed by atoms with E-state index in [-0.39, 0.29) is 16.7 Å². The number of thioether (sulfide) groups is 1. The summed E-state index contributed by atoms with van der Waals surface area (Å²) < 4.78 is 0. The topological polar surface area (TPSA) is 70.5 Å². The van der Waals surface area contributed by atoms with E-state index in [1.165, 1.54) is 24.0 Å². The molecule has 1 aliphatic heterocycles. The fraction of sp³-hybridized carbons (Fsp3) is 0.364. The maximum atomic E-state index is 11.7. The van der Waals surface area contributed by atoms with E-state index in [9.17, 15) is 9.59 Å². The molecule has 0 spiro atoms. The molecular weight excluding hydrogens is 240 g/mol. The van der Waals surface area contributed by atoms with E-state index in [4.69, 9.17) is 5.11 Å². The summed E-state index contributed by atoms with van der Waals surface area (Å²) in [6.45, 7) is 0.714. The lowest BCUT2D eigenvalue weighted by atomic mass is 10.3. The Bertz CT molecular complexity index is 464. The summed E-state index contributed by atoms with van der Waals surface area (Å²) >= 11 is 1.23. The van der Waals surface area contributed by atoms with Crippen LogP contribution in [0.25, 0.3) is 0 Å². The van der Waals surface area contributed by atoms with Gasteiger partial charge in [0, 0.05) is 19.8 Å². The fourth-order valence-electron chi connectivity index (χ4n) is 1.68. The number of pyridine rings is 1. The minimum absolute atomic E-state index is 0.0389. The first kappa shape index (κ1) is 11.9. The standard InChI is InChI=1S/C11H12N2O3S/c1-13-6-4-8(10(13)14)17-9-7(11(15)16)3-2-5-12-9/h2-3,5,8H,4,6H2,1H3,(H,15,16). The Balaban J connectivity index is 2.19. The van der Waals surface area contributed by atoms with Gasteiger partial charge in [0.1, 0.15) is 5.03 Å². The van der Waals surface area contributed by atoms with Crippen molar-refractivity contribution in [2.75, 3.05) is 13.6 Å². The number of carbonyl (C=O) groups excluding carboxylic acids is 1. The quantitative estimate of drug-likeness (QED) is 0.872. The lowest BCUT2D eigenvalue weighted by Gasteiger charge is -2.10. The summed E-state index contributed by atoms with van der Waals surface area (Å²) in [4.78, 5) is 28.4. The molecule has 2 rings (SSSR count). The molecule has 1 unspecified atom stereocenters. The van der Waals surface area contributed by atoms with Crippen molar-refractivity contribution in [2.45, 2.75) is 16.7 Å². The summed E-state index contributed by atoms with van der Waals surface area (Å²) in [5.41, 5.74) is 0.153. The Morgan fingerprint density at radius 2 is 2.41 bits per heavy atom. The number of carbonyl (C=O) groups is 2. The molecule has 2 heterocycles. The molecule has 1 N–H and O–H groups in total. The van der Waals surface area contributed by atoms with Crippen LogP contribution in [0.1, 0.15) is 16.8 Å². The van der Waals surface area contributed by atoms with Crippen molar-refractivity contribution in [2.24, 2.45) is 0 Å². The van der Waals surface area contributed by atoms with Crippen LogP contribution in [0.5, 0.6) is 0 Å². The largest absolute Gasteiger partial charge is 0.478 e. The Hall–Kier alpha value is -1.56. The van der Waals surface area contributed by atoms with Gasteiger partial charge in [-0.3, -0.25) is 4.79 Å². The first-order valence-corrected chi connectivity index (χ1v) is 6.07. The van der Waals surface area contributed by atoms with Crippen LogP contribution in [0.2, 0.25) is 0 Å². The minimum Gasteiger partial charge on any atom is -0.478 e. The van der Waals surface area contributed by atoms with Gasteiger partial charge < -0.3 is 10.0 Å². The number of aromatic nitrogens is 1. The molecule has 0 radical (unpaired) electrons. The van der Waals surface area contributed by atoms with Gasteiger partial charge in [-0.25, -0.2) is 9.78 Å². The zero-order valence-electron chi connectivity index (χ0n) is 9.29. The molecule has 0 aromatic carbocycles. The predicted molar refractivity (Wildman–Crippen MR) is 63.1 cm³/mol. The molecule has 6 heteroatoms. The highest BCUT2D eigenvalue weighted by Crippen LogP contribution is 2.30. The average molecular weight is 252 g/mol. The third-order valence-electron chi connectivity index (χ3n) is 2.63. The van der Waals surface area contributed by atoms with Crippen molar-refractivity contribution >= 4 is 23.6 Å². The van der Waals surface area contributed by atoms with E-state index < -0.39 is 5.97 Å². The Morgan fingerprint density at radius 1 is 1.65 bits per heavy atom. The molecule has 1 saturated heterocycles. The second kappa shape index (κ2) is 4.75. The highest BCUT2D eigenvalue weighted by atomic mass is 32.2. The Kier molecular flexibility index (Phi) is 3.33. The van der Waals surface area contributed by atoms with Gasteiger partial charge in [0.15, 0.2) is 0 Å². The van der Waals surface area contributed by atoms with Gasteiger partial charge in [-0.2, -0.15) is 0 Å². The van der Waals surface area contributed by atoms with Crippen LogP contribution in [0.3, 0.4) is 0 Å². The van der Waals surface area contributed by atoms with E-state index in [1.807, 2.05) is 0 Å². The molecule has 90 valence electrons. The molecule has 0 aliphatic carbocycles. The number of carboxylic acids is 1. The molecule has 17 heavy (non-hydrogen) atoms. The number of amides is 1. The zero-order valence-corrected chi connectivity index (χ0v) is 10.1. The van der Waals surface area contributed by atoms with Crippen molar-refractivity contribution in [1.29, 1.82) is 0 Å². The van der Waals surface area contributed by atoms with E-state index in [1.54, 1.807) is 18.0 Å². The maximum Gasteiger partial charge on any atom is 0.338 e. The number of rotatable bonds is 3. The van der Waals surface area contributed by atoms with Crippen LogP contribution in [0.15, 0.2) is 23.4 Å². The highest BCUT2D eigenvalue weighted by molar-refractivity contribution is 8.00. The molecule has 1 amide bonds. The van der Waals surface area contributed by atoms with Crippen LogP contribution in [-0.4, -0.2) is 45.7 Å². The van der Waals surface area contributed by atoms with Crippen LogP contribution < -0.4 is 0 Å². The number of nitrogens with zero attached hydrogens (tertiary/aromatic N) is 2. The van der Waals surface area contributed by atoms with Crippen molar-refractivity contribution in [3.8, 4) is 0 Å². The number of carboxylic acid groups (broad SMARTS) is 1. The van der Waals surface area contributed by atoms with Crippen LogP contribution in [0, 0.1) is 0 Å². The van der Waals surface area contributed by atoms with Crippen LogP contribution in [-0.2, 0) is 4.79 Å². The van der Waals surface area contributed by atoms with Gasteiger partial charge in [-0.05, 0) is 18.6 Å². The van der Waals surface area contributed by atoms with Crippen molar-refractivity contribution in [1.82, 2.24) is 9.88 Å². The molecule has 1 aromatic rings. The average Bonchev–Trinajstić information content (AvgIpc) is 2.61. The van der Waals surface area contributed by atoms with Crippen molar-refractivity contribution in [3.05, 3.63) is 23.9 Å². The molecule has 1 fully saturated rings. The number of hydrogen-bond acceptors (Lipinski definition) is 4. The Morgan fingerprint density at radius 3 is 3.00 bits per heavy atom. The second-order valence-electron chi connectivity index (χ2n) is 3.82. The molecule has 0 bridgehead atoms. The van der Waals surface area contributed by atoms with Crippen LogP contribution in [0.4, 0.5) is 0 Å². The first-order valence-electron chi connectivity index (χ1n) is 5.19. The number of aromatic carboxylic acids is 1. The van der Waals surface area contributed by atoms with E-state index in [0.29, 0.717) is 11.6 Å². The van der Waals surface area contributed by atoms with Gasteiger partial charge in [0.2, 0.25) is 5.91 Å². The SMILES string of the molecule is CN1CCC(Sc2ncccc2C(=O)O)C1=O. The minimum atomic E-state index is -1.01. The Labute approximate surface area is 103 Å². The van der Waals surface area contributed by atoms with Crippen LogP contribution >= 0.6 is 11.8 Å². The number of likely N-dealkylation sites (tertiary alicyclic amines) is 1. The lowest BCUT2D eigenvalue weighted by molar-refractivity contribution is -0.126. The van der Waals surface area contributed by atoms with Gasteiger partial charge >= 0.3 is 5.97 Å². The third-order valence-corrected chi connectivity index (χ3v) is 3.90. The second-order valence-corrected chi connectivity index (χ2v) is 5.01. The summed E-state index contributed by atoms with van der Waals surface area (Å²) in [6.07, 6.45) is 2.27. The summed E-state index contributed by atoms with van der Waals surface area (Å²) in [6, 6.07) is 3.08. The van der Waals surface area contributed by atoms with Gasteiger partial charge in [-0.1, -0.05) is 11.8 Å². The van der Waals surface area contributed by atoms with Crippen molar-refractivity contribution < 1.29 is 14.7 Å². The smallest absolute Gasteiger partial charge is 0.338 e. The predicted octanol–water partition coefficient (Wildman–Crippen LogP) is 1.10. The van der Waals surface area contributed by atoms with E-state index in [0.717, 1.165) is 6.42 Å². The van der Waals surface area contributed by atoms with Gasteiger partial charge in [0.05, 0.1) is 10.8 Å².